The SMILES string of the molecule is CC(C)=C1OC(=O)c2cc(Br)ccc2C1P(=O)(c1ccccc1)c1ccccc1. The molecule has 0 amide bonds. The first kappa shape index (κ1) is 19.9. The molecule has 29 heavy (non-hydrogen) atoms. The molecule has 0 radical (unpaired) electrons. The number of halogens is 1. The molecule has 1 atom stereocenters. The number of hydrogen-bond acceptors (Lipinski definition) is 3. The highest BCUT2D eigenvalue weighted by Gasteiger charge is 2.46. The maximum Gasteiger partial charge on any atom is 0.343 e. The van der Waals surface area contributed by atoms with Crippen LogP contribution in [0, 0.1) is 0 Å². The van der Waals surface area contributed by atoms with Crippen LogP contribution in [0.3, 0.4) is 0 Å². The van der Waals surface area contributed by atoms with Crippen LogP contribution in [0.5, 0.6) is 0 Å². The van der Waals surface area contributed by atoms with E-state index in [2.05, 4.69) is 15.9 Å². The Hall–Kier alpha value is -2.42. The molecule has 0 spiro atoms. The average molecular weight is 467 g/mol. The van der Waals surface area contributed by atoms with Crippen molar-refractivity contribution < 1.29 is 14.1 Å². The van der Waals surface area contributed by atoms with Crippen LogP contribution >= 0.6 is 23.1 Å². The third kappa shape index (κ3) is 3.41. The van der Waals surface area contributed by atoms with Crippen molar-refractivity contribution in [3.63, 3.8) is 0 Å². The van der Waals surface area contributed by atoms with Crippen molar-refractivity contribution >= 4 is 39.7 Å². The smallest absolute Gasteiger partial charge is 0.343 e. The second-order valence-electron chi connectivity index (χ2n) is 7.22. The van der Waals surface area contributed by atoms with Crippen molar-refractivity contribution in [3.05, 3.63) is 106 Å². The fraction of sp³-hybridized carbons (Fsp3) is 0.125. The highest BCUT2D eigenvalue weighted by atomic mass is 79.9. The standard InChI is InChI=1S/C24H20BrO3P/c1-16(2)22-23(20-14-13-17(25)15-21(20)24(26)28-22)29(27,18-9-5-3-6-10-18)19-11-7-4-8-12-19/h3-15,23H,1-2H3. The van der Waals surface area contributed by atoms with Gasteiger partial charge >= 0.3 is 5.97 Å². The molecule has 3 aromatic carbocycles. The first-order chi connectivity index (χ1) is 13.9. The Morgan fingerprint density at radius 3 is 1.97 bits per heavy atom. The van der Waals surface area contributed by atoms with E-state index >= 15 is 4.57 Å². The van der Waals surface area contributed by atoms with E-state index < -0.39 is 18.8 Å². The molecule has 0 fully saturated rings. The van der Waals surface area contributed by atoms with Crippen LogP contribution in [0.2, 0.25) is 0 Å². The highest BCUT2D eigenvalue weighted by molar-refractivity contribution is 9.10. The number of ether oxygens (including phenoxy) is 1. The maximum absolute atomic E-state index is 15.0. The lowest BCUT2D eigenvalue weighted by Gasteiger charge is -2.35. The van der Waals surface area contributed by atoms with E-state index in [0.717, 1.165) is 26.2 Å². The third-order valence-corrected chi connectivity index (χ3v) is 8.98. The van der Waals surface area contributed by atoms with Gasteiger partial charge in [0.15, 0.2) is 7.14 Å². The van der Waals surface area contributed by atoms with Gasteiger partial charge in [0.1, 0.15) is 11.4 Å². The molecule has 0 N–H and O–H groups in total. The van der Waals surface area contributed by atoms with Crippen molar-refractivity contribution in [3.8, 4) is 0 Å². The lowest BCUT2D eigenvalue weighted by molar-refractivity contribution is 0.0590. The molecule has 0 aliphatic carbocycles. The summed E-state index contributed by atoms with van der Waals surface area (Å²) in [5.41, 5.74) is 1.44. The van der Waals surface area contributed by atoms with Gasteiger partial charge in [-0.05, 0) is 37.1 Å². The maximum atomic E-state index is 15.0. The number of allylic oxidation sites excluding steroid dienone is 2. The zero-order valence-corrected chi connectivity index (χ0v) is 18.6. The van der Waals surface area contributed by atoms with Crippen molar-refractivity contribution in [2.45, 2.75) is 19.5 Å². The Labute approximate surface area is 178 Å². The largest absolute Gasteiger partial charge is 0.426 e. The zero-order chi connectivity index (χ0) is 20.6. The molecule has 1 aliphatic heterocycles. The van der Waals surface area contributed by atoms with Crippen molar-refractivity contribution in [2.24, 2.45) is 0 Å². The number of fused-ring (bicyclic) bond motifs is 1. The summed E-state index contributed by atoms with van der Waals surface area (Å²) < 4.78 is 21.6. The lowest BCUT2D eigenvalue weighted by Crippen LogP contribution is -2.29. The third-order valence-electron chi connectivity index (χ3n) is 5.12. The van der Waals surface area contributed by atoms with E-state index in [-0.39, 0.29) is 0 Å². The summed E-state index contributed by atoms with van der Waals surface area (Å²) in [4.78, 5) is 12.7. The van der Waals surface area contributed by atoms with Gasteiger partial charge in [-0.25, -0.2) is 4.79 Å². The number of hydrogen-bond donors (Lipinski definition) is 0. The second-order valence-corrected chi connectivity index (χ2v) is 11.0. The monoisotopic (exact) mass is 466 g/mol. The highest BCUT2D eigenvalue weighted by Crippen LogP contribution is 2.63. The van der Waals surface area contributed by atoms with E-state index in [9.17, 15) is 4.79 Å². The quantitative estimate of drug-likeness (QED) is 0.352. The molecule has 0 aromatic heterocycles. The van der Waals surface area contributed by atoms with Gasteiger partial charge in [-0.1, -0.05) is 82.7 Å². The predicted molar refractivity (Wildman–Crippen MR) is 120 cm³/mol. The molecule has 1 unspecified atom stereocenters. The molecule has 3 nitrogen and oxygen atoms in total. The van der Waals surface area contributed by atoms with Gasteiger partial charge in [-0.2, -0.15) is 0 Å². The first-order valence-corrected chi connectivity index (χ1v) is 11.9. The molecule has 0 saturated heterocycles. The van der Waals surface area contributed by atoms with Crippen molar-refractivity contribution in [1.82, 2.24) is 0 Å². The lowest BCUT2D eigenvalue weighted by atomic mass is 9.99. The average Bonchev–Trinajstić information content (AvgIpc) is 2.74. The summed E-state index contributed by atoms with van der Waals surface area (Å²) in [6.07, 6.45) is 0. The van der Waals surface area contributed by atoms with Crippen LogP contribution in [0.4, 0.5) is 0 Å². The Bertz CT molecular complexity index is 1110. The van der Waals surface area contributed by atoms with E-state index in [0.29, 0.717) is 11.3 Å². The summed E-state index contributed by atoms with van der Waals surface area (Å²) in [5.74, 6) is 0.0577. The first-order valence-electron chi connectivity index (χ1n) is 9.33. The number of carbonyl (C=O) groups excluding carboxylic acids is 1. The van der Waals surface area contributed by atoms with E-state index in [4.69, 9.17) is 4.74 Å². The number of esters is 1. The second kappa shape index (κ2) is 7.78. The van der Waals surface area contributed by atoms with Gasteiger partial charge < -0.3 is 9.30 Å². The van der Waals surface area contributed by atoms with Gasteiger partial charge in [-0.15, -0.1) is 0 Å². The molecular formula is C24H20BrO3P. The van der Waals surface area contributed by atoms with Crippen LogP contribution in [0.15, 0.2) is 94.7 Å². The number of rotatable bonds is 3. The Kier molecular flexibility index (Phi) is 5.33. The van der Waals surface area contributed by atoms with Gasteiger partial charge in [-0.3, -0.25) is 0 Å². The van der Waals surface area contributed by atoms with Crippen LogP contribution in [-0.2, 0) is 9.30 Å². The van der Waals surface area contributed by atoms with Gasteiger partial charge in [0.05, 0.1) is 5.56 Å². The number of cyclic esters (lactones) is 1. The molecule has 3 aromatic rings. The van der Waals surface area contributed by atoms with Gasteiger partial charge in [0, 0.05) is 15.1 Å². The fourth-order valence-electron chi connectivity index (χ4n) is 3.78. The minimum absolute atomic E-state index is 0.415. The van der Waals surface area contributed by atoms with Crippen molar-refractivity contribution in [1.29, 1.82) is 0 Å². The number of carbonyl (C=O) groups is 1. The molecule has 146 valence electrons. The van der Waals surface area contributed by atoms with Crippen LogP contribution in [0.25, 0.3) is 0 Å². The number of benzene rings is 3. The summed E-state index contributed by atoms with van der Waals surface area (Å²) in [6.45, 7) is 3.78. The Morgan fingerprint density at radius 1 is 0.897 bits per heavy atom. The molecule has 4 rings (SSSR count). The fourth-order valence-corrected chi connectivity index (χ4v) is 7.52. The minimum atomic E-state index is -3.23. The molecule has 0 saturated carbocycles. The molecule has 1 heterocycles. The van der Waals surface area contributed by atoms with Crippen LogP contribution < -0.4 is 10.6 Å². The Morgan fingerprint density at radius 2 is 1.45 bits per heavy atom. The Balaban J connectivity index is 2.09. The predicted octanol–water partition coefficient (Wildman–Crippen LogP) is 5.97. The molecule has 0 bridgehead atoms. The normalized spacial score (nSPS) is 16.2. The van der Waals surface area contributed by atoms with Gasteiger partial charge in [0.2, 0.25) is 0 Å². The van der Waals surface area contributed by atoms with Crippen LogP contribution in [0.1, 0.15) is 35.4 Å². The summed E-state index contributed by atoms with van der Waals surface area (Å²) in [6, 6.07) is 24.5. The summed E-state index contributed by atoms with van der Waals surface area (Å²) >= 11 is 3.43. The van der Waals surface area contributed by atoms with E-state index in [1.165, 1.54) is 0 Å². The topological polar surface area (TPSA) is 43.4 Å². The molecule has 1 aliphatic rings. The summed E-state index contributed by atoms with van der Waals surface area (Å²) in [7, 11) is -3.23. The van der Waals surface area contributed by atoms with E-state index in [1.807, 2.05) is 86.6 Å². The van der Waals surface area contributed by atoms with Gasteiger partial charge in [0.25, 0.3) is 0 Å². The van der Waals surface area contributed by atoms with Crippen LogP contribution in [-0.4, -0.2) is 5.97 Å². The minimum Gasteiger partial charge on any atom is -0.426 e. The molecular weight excluding hydrogens is 447 g/mol. The molecule has 5 heteroatoms. The van der Waals surface area contributed by atoms with Crippen molar-refractivity contribution in [2.75, 3.05) is 0 Å². The summed E-state index contributed by atoms with van der Waals surface area (Å²) in [5, 5.41) is 1.48. The zero-order valence-electron chi connectivity index (χ0n) is 16.1. The van der Waals surface area contributed by atoms with E-state index in [1.54, 1.807) is 6.07 Å².